The van der Waals surface area contributed by atoms with Crippen LogP contribution in [0.4, 0.5) is 5.69 Å². The zero-order valence-electron chi connectivity index (χ0n) is 5.19. The molecule has 3 heteroatoms. The summed E-state index contributed by atoms with van der Waals surface area (Å²) in [4.78, 5) is 0. The fourth-order valence-electron chi connectivity index (χ4n) is 0.644. The maximum atomic E-state index is 5.68. The Morgan fingerprint density at radius 1 is 1.44 bits per heavy atom. The lowest BCUT2D eigenvalue weighted by atomic mass is 10.3. The first-order valence-electron chi connectivity index (χ1n) is 2.76. The van der Waals surface area contributed by atoms with Gasteiger partial charge in [-0.05, 0) is 18.2 Å². The predicted molar refractivity (Wildman–Crippen MR) is 43.6 cm³/mol. The lowest BCUT2D eigenvalue weighted by Gasteiger charge is -1.97. The van der Waals surface area contributed by atoms with E-state index >= 15 is 0 Å². The van der Waals surface area contributed by atoms with Gasteiger partial charge in [0.05, 0.1) is 0 Å². The van der Waals surface area contributed by atoms with Gasteiger partial charge in [-0.25, -0.2) is 0 Å². The fourth-order valence-corrected chi connectivity index (χ4v) is 0.834. The van der Waals surface area contributed by atoms with Crippen LogP contribution in [0.3, 0.4) is 0 Å². The molecule has 46 valence electrons. The second-order valence-electron chi connectivity index (χ2n) is 1.76. The van der Waals surface area contributed by atoms with Gasteiger partial charge in [0.15, 0.2) is 0 Å². The molecular weight excluding hydrogens is 132 g/mol. The molecule has 0 heterocycles. The summed E-state index contributed by atoms with van der Waals surface area (Å²) in [7, 11) is 1.87. The summed E-state index contributed by atoms with van der Waals surface area (Å²) < 4.78 is 0. The molecule has 0 saturated heterocycles. The topological polar surface area (TPSA) is 12.0 Å². The van der Waals surface area contributed by atoms with Crippen LogP contribution in [0.5, 0.6) is 0 Å². The molecule has 0 unspecified atom stereocenters. The number of rotatable bonds is 1. The van der Waals surface area contributed by atoms with Crippen LogP contribution in [0, 0.1) is 0 Å². The van der Waals surface area contributed by atoms with Gasteiger partial charge < -0.3 is 5.23 Å². The zero-order chi connectivity index (χ0) is 6.69. The first kappa shape index (κ1) is 6.49. The van der Waals surface area contributed by atoms with E-state index in [0.29, 0.717) is 0 Å². The van der Waals surface area contributed by atoms with Crippen molar-refractivity contribution in [3.05, 3.63) is 29.3 Å². The third kappa shape index (κ3) is 1.65. The number of halogens is 1. The van der Waals surface area contributed by atoms with Gasteiger partial charge in [-0.15, -0.1) is 0 Å². The van der Waals surface area contributed by atoms with Crippen LogP contribution in [0.1, 0.15) is 0 Å². The predicted octanol–water partition coefficient (Wildman–Crippen LogP) is 1.30. The van der Waals surface area contributed by atoms with E-state index in [4.69, 9.17) is 11.6 Å². The fraction of sp³-hybridized carbons (Fsp3) is 0. The molecule has 1 rings (SSSR count). The largest absolute Gasteiger partial charge is 0.434 e. The lowest BCUT2D eigenvalue weighted by Crippen LogP contribution is -1.88. The molecule has 0 fully saturated rings. The Hall–Kier alpha value is -0.625. The van der Waals surface area contributed by atoms with E-state index < -0.39 is 0 Å². The van der Waals surface area contributed by atoms with E-state index in [2.05, 4.69) is 5.23 Å². The monoisotopic (exact) mass is 139 g/mol. The molecule has 0 bridgehead atoms. The van der Waals surface area contributed by atoms with Crippen LogP contribution in [0.15, 0.2) is 24.3 Å². The van der Waals surface area contributed by atoms with Crippen LogP contribution in [0.25, 0.3) is 0 Å². The average molecular weight is 139 g/mol. The van der Waals surface area contributed by atoms with Gasteiger partial charge in [0, 0.05) is 10.7 Å². The number of benzene rings is 1. The van der Waals surface area contributed by atoms with E-state index in [1.807, 2.05) is 32.2 Å². The molecule has 0 aliphatic heterocycles. The van der Waals surface area contributed by atoms with Gasteiger partial charge in [-0.1, -0.05) is 17.7 Å². The molecule has 0 aliphatic carbocycles. The highest BCUT2D eigenvalue weighted by Gasteiger charge is 1.86. The molecule has 0 spiro atoms. The van der Waals surface area contributed by atoms with Crippen molar-refractivity contribution in [2.24, 2.45) is 0 Å². The van der Waals surface area contributed by atoms with E-state index in [1.165, 1.54) is 0 Å². The van der Waals surface area contributed by atoms with Crippen molar-refractivity contribution in [1.29, 1.82) is 0 Å². The molecule has 0 saturated carbocycles. The minimum absolute atomic E-state index is 0.766. The van der Waals surface area contributed by atoms with Crippen molar-refractivity contribution < 1.29 is 0 Å². The van der Waals surface area contributed by atoms with E-state index in [9.17, 15) is 0 Å². The van der Waals surface area contributed by atoms with Gasteiger partial charge in [0.25, 0.3) is 0 Å². The zero-order valence-corrected chi connectivity index (χ0v) is 5.94. The molecule has 1 N–H and O–H groups in total. The Morgan fingerprint density at radius 3 is 2.67 bits per heavy atom. The van der Waals surface area contributed by atoms with Gasteiger partial charge in [-0.2, -0.15) is 0 Å². The van der Waals surface area contributed by atoms with Crippen molar-refractivity contribution in [1.82, 2.24) is 0 Å². The first-order chi connectivity index (χ1) is 4.33. The van der Waals surface area contributed by atoms with Gasteiger partial charge in [0.2, 0.25) is 7.98 Å². The van der Waals surface area contributed by atoms with Crippen molar-refractivity contribution in [2.45, 2.75) is 0 Å². The summed E-state index contributed by atoms with van der Waals surface area (Å²) in [5.41, 5.74) is 1.04. The summed E-state index contributed by atoms with van der Waals surface area (Å²) in [5.74, 6) is 0. The van der Waals surface area contributed by atoms with Gasteiger partial charge in [-0.3, -0.25) is 0 Å². The standard InChI is InChI=1S/C6H7BClN/c7-9-6-3-1-2-5(8)4-6/h1-4,9H,7H2. The molecule has 1 aromatic rings. The van der Waals surface area contributed by atoms with E-state index in [0.717, 1.165) is 10.7 Å². The highest BCUT2D eigenvalue weighted by atomic mass is 35.5. The Labute approximate surface area is 60.5 Å². The molecular formula is C6H7BClN. The molecule has 0 aliphatic rings. The highest BCUT2D eigenvalue weighted by molar-refractivity contribution is 6.31. The molecule has 0 aromatic heterocycles. The maximum Gasteiger partial charge on any atom is 0.213 e. The molecule has 1 aromatic carbocycles. The van der Waals surface area contributed by atoms with Crippen LogP contribution >= 0.6 is 11.6 Å². The van der Waals surface area contributed by atoms with Crippen molar-refractivity contribution >= 4 is 25.3 Å². The van der Waals surface area contributed by atoms with Crippen LogP contribution < -0.4 is 5.23 Å². The third-order valence-corrected chi connectivity index (χ3v) is 1.35. The van der Waals surface area contributed by atoms with E-state index in [-0.39, 0.29) is 0 Å². The number of anilines is 1. The summed E-state index contributed by atoms with van der Waals surface area (Å²) in [5, 5.41) is 3.75. The Kier molecular flexibility index (Phi) is 2.01. The minimum Gasteiger partial charge on any atom is -0.434 e. The van der Waals surface area contributed by atoms with Crippen molar-refractivity contribution in [2.75, 3.05) is 5.23 Å². The first-order valence-corrected chi connectivity index (χ1v) is 3.14. The van der Waals surface area contributed by atoms with Gasteiger partial charge in [0.1, 0.15) is 0 Å². The van der Waals surface area contributed by atoms with Crippen molar-refractivity contribution in [3.63, 3.8) is 0 Å². The second kappa shape index (κ2) is 2.78. The molecule has 0 atom stereocenters. The Balaban J connectivity index is 2.94. The number of nitrogens with one attached hydrogen (secondary N) is 1. The summed E-state index contributed by atoms with van der Waals surface area (Å²) >= 11 is 5.68. The molecule has 1 nitrogen and oxygen atoms in total. The van der Waals surface area contributed by atoms with Crippen LogP contribution in [-0.2, 0) is 0 Å². The Bertz CT molecular complexity index is 202. The summed E-state index contributed by atoms with van der Waals surface area (Å²) in [6, 6.07) is 7.60. The number of hydrogen-bond donors (Lipinski definition) is 1. The molecule has 0 radical (unpaired) electrons. The summed E-state index contributed by atoms with van der Waals surface area (Å²) in [6.07, 6.45) is 0. The quantitative estimate of drug-likeness (QED) is 0.578. The number of hydrogen-bond acceptors (Lipinski definition) is 1. The minimum atomic E-state index is 0.766. The molecule has 0 amide bonds. The lowest BCUT2D eigenvalue weighted by molar-refractivity contribution is 1.68. The van der Waals surface area contributed by atoms with E-state index in [1.54, 1.807) is 0 Å². The summed E-state index contributed by atoms with van der Waals surface area (Å²) in [6.45, 7) is 0. The third-order valence-electron chi connectivity index (χ3n) is 1.11. The Morgan fingerprint density at radius 2 is 2.22 bits per heavy atom. The highest BCUT2D eigenvalue weighted by Crippen LogP contribution is 2.13. The second-order valence-corrected chi connectivity index (χ2v) is 2.20. The smallest absolute Gasteiger partial charge is 0.213 e. The normalized spacial score (nSPS) is 9.00. The van der Waals surface area contributed by atoms with Crippen molar-refractivity contribution in [3.8, 4) is 0 Å². The molecule has 9 heavy (non-hydrogen) atoms. The maximum absolute atomic E-state index is 5.68. The van der Waals surface area contributed by atoms with Crippen LogP contribution in [-0.4, -0.2) is 7.98 Å². The SMILES string of the molecule is BNc1cccc(Cl)c1. The van der Waals surface area contributed by atoms with Gasteiger partial charge >= 0.3 is 0 Å². The van der Waals surface area contributed by atoms with Crippen LogP contribution in [0.2, 0.25) is 5.02 Å². The average Bonchev–Trinajstić information content (AvgIpc) is 1.88.